The number of anilines is 1. The SMILES string of the molecule is Cc1ccc(NC(=O)COC(=O)c2cccc(C)c2C)c(F)c1. The lowest BCUT2D eigenvalue weighted by Crippen LogP contribution is -2.21. The quantitative estimate of drug-likeness (QED) is 0.878. The first-order chi connectivity index (χ1) is 10.9. The van der Waals surface area contributed by atoms with E-state index < -0.39 is 24.3 Å². The normalized spacial score (nSPS) is 10.3. The fourth-order valence-corrected chi connectivity index (χ4v) is 2.09. The second-order valence-electron chi connectivity index (χ2n) is 5.36. The van der Waals surface area contributed by atoms with E-state index in [0.717, 1.165) is 16.7 Å². The Bertz CT molecular complexity index is 756. The van der Waals surface area contributed by atoms with Crippen molar-refractivity contribution in [3.05, 3.63) is 64.5 Å². The molecule has 1 N–H and O–H groups in total. The van der Waals surface area contributed by atoms with Crippen LogP contribution < -0.4 is 5.32 Å². The molecule has 2 aromatic rings. The van der Waals surface area contributed by atoms with Crippen LogP contribution in [0.1, 0.15) is 27.0 Å². The van der Waals surface area contributed by atoms with Crippen molar-refractivity contribution in [2.24, 2.45) is 0 Å². The molecule has 1 amide bonds. The van der Waals surface area contributed by atoms with Crippen molar-refractivity contribution < 1.29 is 18.7 Å². The number of hydrogen-bond acceptors (Lipinski definition) is 3. The van der Waals surface area contributed by atoms with Crippen molar-refractivity contribution in [2.45, 2.75) is 20.8 Å². The van der Waals surface area contributed by atoms with E-state index in [2.05, 4.69) is 5.32 Å². The van der Waals surface area contributed by atoms with Crippen LogP contribution in [-0.4, -0.2) is 18.5 Å². The first-order valence-electron chi connectivity index (χ1n) is 7.18. The molecule has 0 aliphatic rings. The molecular weight excluding hydrogens is 297 g/mol. The third-order valence-electron chi connectivity index (χ3n) is 3.56. The van der Waals surface area contributed by atoms with Crippen LogP contribution in [-0.2, 0) is 9.53 Å². The molecule has 0 fully saturated rings. The van der Waals surface area contributed by atoms with Gasteiger partial charge in [0, 0.05) is 0 Å². The van der Waals surface area contributed by atoms with Gasteiger partial charge in [0.2, 0.25) is 0 Å². The first-order valence-corrected chi connectivity index (χ1v) is 7.18. The molecule has 23 heavy (non-hydrogen) atoms. The van der Waals surface area contributed by atoms with Gasteiger partial charge in [0.15, 0.2) is 6.61 Å². The Balaban J connectivity index is 1.96. The number of amides is 1. The van der Waals surface area contributed by atoms with Crippen molar-refractivity contribution in [1.82, 2.24) is 0 Å². The predicted octanol–water partition coefficient (Wildman–Crippen LogP) is 3.55. The number of carbonyl (C=O) groups excluding carboxylic acids is 2. The van der Waals surface area contributed by atoms with Gasteiger partial charge in [-0.25, -0.2) is 9.18 Å². The minimum Gasteiger partial charge on any atom is -0.452 e. The van der Waals surface area contributed by atoms with Crippen LogP contribution in [0.2, 0.25) is 0 Å². The molecule has 5 heteroatoms. The maximum atomic E-state index is 13.6. The summed E-state index contributed by atoms with van der Waals surface area (Å²) in [5.74, 6) is -1.70. The van der Waals surface area contributed by atoms with E-state index in [-0.39, 0.29) is 5.69 Å². The van der Waals surface area contributed by atoms with Gasteiger partial charge < -0.3 is 10.1 Å². The summed E-state index contributed by atoms with van der Waals surface area (Å²) in [6.07, 6.45) is 0. The lowest BCUT2D eigenvalue weighted by molar-refractivity contribution is -0.119. The van der Waals surface area contributed by atoms with Crippen molar-refractivity contribution in [3.8, 4) is 0 Å². The van der Waals surface area contributed by atoms with Crippen molar-refractivity contribution in [3.63, 3.8) is 0 Å². The summed E-state index contributed by atoms with van der Waals surface area (Å²) in [5.41, 5.74) is 3.00. The molecule has 0 aliphatic heterocycles. The minimum atomic E-state index is -0.591. The molecule has 0 aliphatic carbocycles. The van der Waals surface area contributed by atoms with Gasteiger partial charge in [-0.2, -0.15) is 0 Å². The van der Waals surface area contributed by atoms with Crippen LogP contribution in [0.5, 0.6) is 0 Å². The lowest BCUT2D eigenvalue weighted by atomic mass is 10.0. The van der Waals surface area contributed by atoms with Gasteiger partial charge in [0.25, 0.3) is 5.91 Å². The zero-order valence-electron chi connectivity index (χ0n) is 13.3. The number of rotatable bonds is 4. The molecule has 0 bridgehead atoms. The Labute approximate surface area is 134 Å². The fraction of sp³-hybridized carbons (Fsp3) is 0.222. The van der Waals surface area contributed by atoms with E-state index in [0.29, 0.717) is 5.56 Å². The van der Waals surface area contributed by atoms with Gasteiger partial charge >= 0.3 is 5.97 Å². The molecule has 0 radical (unpaired) electrons. The number of halogens is 1. The number of hydrogen-bond donors (Lipinski definition) is 1. The number of carbonyl (C=O) groups is 2. The van der Waals surface area contributed by atoms with Crippen molar-refractivity contribution >= 4 is 17.6 Å². The minimum absolute atomic E-state index is 0.0587. The standard InChI is InChI=1S/C18H18FNO3/c1-11-7-8-16(15(19)9-11)20-17(21)10-23-18(22)14-6-4-5-12(2)13(14)3/h4-9H,10H2,1-3H3,(H,20,21). The average Bonchev–Trinajstić information content (AvgIpc) is 2.50. The molecule has 120 valence electrons. The van der Waals surface area contributed by atoms with Crippen LogP contribution in [0.15, 0.2) is 36.4 Å². The van der Waals surface area contributed by atoms with Crippen LogP contribution >= 0.6 is 0 Å². The molecule has 2 aromatic carbocycles. The smallest absolute Gasteiger partial charge is 0.338 e. The van der Waals surface area contributed by atoms with E-state index in [1.54, 1.807) is 25.1 Å². The molecule has 0 unspecified atom stereocenters. The molecule has 0 saturated heterocycles. The Morgan fingerprint density at radius 3 is 2.57 bits per heavy atom. The maximum absolute atomic E-state index is 13.6. The van der Waals surface area contributed by atoms with Gasteiger partial charge in [-0.1, -0.05) is 18.2 Å². The van der Waals surface area contributed by atoms with Gasteiger partial charge in [-0.05, 0) is 55.7 Å². The van der Waals surface area contributed by atoms with E-state index in [1.807, 2.05) is 19.9 Å². The Morgan fingerprint density at radius 2 is 1.87 bits per heavy atom. The third-order valence-corrected chi connectivity index (χ3v) is 3.56. The highest BCUT2D eigenvalue weighted by atomic mass is 19.1. The lowest BCUT2D eigenvalue weighted by Gasteiger charge is -2.10. The van der Waals surface area contributed by atoms with Crippen molar-refractivity contribution in [1.29, 1.82) is 0 Å². The van der Waals surface area contributed by atoms with E-state index in [9.17, 15) is 14.0 Å². The van der Waals surface area contributed by atoms with Crippen LogP contribution in [0.25, 0.3) is 0 Å². The summed E-state index contributed by atoms with van der Waals surface area (Å²) in [4.78, 5) is 23.8. The van der Waals surface area contributed by atoms with Gasteiger partial charge in [-0.15, -0.1) is 0 Å². The van der Waals surface area contributed by atoms with Crippen LogP contribution in [0.3, 0.4) is 0 Å². The zero-order chi connectivity index (χ0) is 17.0. The molecule has 2 rings (SSSR count). The average molecular weight is 315 g/mol. The molecular formula is C18H18FNO3. The highest BCUT2D eigenvalue weighted by molar-refractivity contribution is 5.96. The summed E-state index contributed by atoms with van der Waals surface area (Å²) in [7, 11) is 0. The van der Waals surface area contributed by atoms with E-state index >= 15 is 0 Å². The molecule has 0 saturated carbocycles. The van der Waals surface area contributed by atoms with Gasteiger partial charge in [-0.3, -0.25) is 4.79 Å². The third kappa shape index (κ3) is 4.16. The number of esters is 1. The monoisotopic (exact) mass is 315 g/mol. The summed E-state index contributed by atoms with van der Waals surface area (Å²) in [6.45, 7) is 4.98. The van der Waals surface area contributed by atoms with Crippen LogP contribution in [0, 0.1) is 26.6 Å². The first kappa shape index (κ1) is 16.7. The second kappa shape index (κ2) is 7.05. The van der Waals surface area contributed by atoms with Gasteiger partial charge in [0.1, 0.15) is 5.82 Å². The summed E-state index contributed by atoms with van der Waals surface area (Å²) < 4.78 is 18.6. The van der Waals surface area contributed by atoms with Crippen molar-refractivity contribution in [2.75, 3.05) is 11.9 Å². The Hall–Kier alpha value is -2.69. The largest absolute Gasteiger partial charge is 0.452 e. The van der Waals surface area contributed by atoms with Gasteiger partial charge in [0.05, 0.1) is 11.3 Å². The zero-order valence-corrected chi connectivity index (χ0v) is 13.3. The number of aryl methyl sites for hydroxylation is 2. The molecule has 4 nitrogen and oxygen atoms in total. The number of benzene rings is 2. The molecule has 0 atom stereocenters. The summed E-state index contributed by atoms with van der Waals surface area (Å²) in [5, 5.41) is 2.38. The van der Waals surface area contributed by atoms with E-state index in [1.165, 1.54) is 12.1 Å². The fourth-order valence-electron chi connectivity index (χ4n) is 2.09. The van der Waals surface area contributed by atoms with Crippen LogP contribution in [0.4, 0.5) is 10.1 Å². The van der Waals surface area contributed by atoms with E-state index in [4.69, 9.17) is 4.74 Å². The number of nitrogens with one attached hydrogen (secondary N) is 1. The molecule has 0 heterocycles. The number of ether oxygens (including phenoxy) is 1. The topological polar surface area (TPSA) is 55.4 Å². The second-order valence-corrected chi connectivity index (χ2v) is 5.36. The molecule has 0 spiro atoms. The summed E-state index contributed by atoms with van der Waals surface area (Å²) in [6, 6.07) is 9.75. The summed E-state index contributed by atoms with van der Waals surface area (Å²) >= 11 is 0. The Morgan fingerprint density at radius 1 is 1.13 bits per heavy atom. The predicted molar refractivity (Wildman–Crippen MR) is 86.0 cm³/mol. The maximum Gasteiger partial charge on any atom is 0.338 e. The molecule has 0 aromatic heterocycles. The Kier molecular flexibility index (Phi) is 5.11. The highest BCUT2D eigenvalue weighted by Crippen LogP contribution is 2.16. The highest BCUT2D eigenvalue weighted by Gasteiger charge is 2.14.